The summed E-state index contributed by atoms with van der Waals surface area (Å²) >= 11 is 0. The van der Waals surface area contributed by atoms with E-state index in [4.69, 9.17) is 4.74 Å². The van der Waals surface area contributed by atoms with E-state index in [0.717, 1.165) is 57.1 Å². The third-order valence-electron chi connectivity index (χ3n) is 7.16. The van der Waals surface area contributed by atoms with Gasteiger partial charge in [-0.3, -0.25) is 9.69 Å². The van der Waals surface area contributed by atoms with Gasteiger partial charge in [0.2, 0.25) is 0 Å². The fourth-order valence-corrected chi connectivity index (χ4v) is 5.13. The van der Waals surface area contributed by atoms with Crippen LogP contribution in [0.4, 0.5) is 0 Å². The number of benzene rings is 1. The molecule has 0 amide bonds. The fraction of sp³-hybridized carbons (Fsp3) is 0.581. The monoisotopic (exact) mass is 551 g/mol. The highest BCUT2D eigenvalue weighted by Gasteiger charge is 2.23. The van der Waals surface area contributed by atoms with Gasteiger partial charge in [-0.05, 0) is 69.9 Å². The van der Waals surface area contributed by atoms with E-state index in [0.29, 0.717) is 19.7 Å². The number of nitrogens with zero attached hydrogens (tertiary/aromatic N) is 5. The molecule has 9 heteroatoms. The van der Waals surface area contributed by atoms with Crippen molar-refractivity contribution in [2.75, 3.05) is 45.9 Å². The number of aromatic nitrogens is 4. The van der Waals surface area contributed by atoms with Crippen LogP contribution in [0, 0.1) is 0 Å². The minimum atomic E-state index is -0.176. The molecule has 0 fully saturated rings. The first-order valence-corrected chi connectivity index (χ1v) is 14.9. The van der Waals surface area contributed by atoms with Crippen LogP contribution in [0.2, 0.25) is 0 Å². The fourth-order valence-electron chi connectivity index (χ4n) is 5.13. The van der Waals surface area contributed by atoms with Crippen molar-refractivity contribution in [1.82, 2.24) is 34.6 Å². The molecule has 0 spiro atoms. The normalized spacial score (nSPS) is 12.3. The largest absolute Gasteiger partial charge is 0.465 e. The Kier molecular flexibility index (Phi) is 13.9. The van der Waals surface area contributed by atoms with Crippen LogP contribution in [-0.4, -0.2) is 81.2 Å². The number of esters is 1. The molecule has 0 radical (unpaired) electrons. The van der Waals surface area contributed by atoms with Crippen LogP contribution in [0.1, 0.15) is 75.3 Å². The molecular weight excluding hydrogens is 502 g/mol. The Morgan fingerprint density at radius 3 is 2.40 bits per heavy atom. The molecule has 0 saturated heterocycles. The summed E-state index contributed by atoms with van der Waals surface area (Å²) in [6, 6.07) is 8.73. The molecule has 1 aromatic carbocycles. The van der Waals surface area contributed by atoms with E-state index in [-0.39, 0.29) is 18.6 Å². The Bertz CT molecular complexity index is 1080. The number of aromatic amines is 1. The quantitative estimate of drug-likeness (QED) is 0.160. The second-order valence-corrected chi connectivity index (χ2v) is 10.4. The van der Waals surface area contributed by atoms with Crippen molar-refractivity contribution in [2.45, 2.75) is 65.5 Å². The number of carbonyl (C=O) groups is 1. The third-order valence-corrected chi connectivity index (χ3v) is 7.16. The van der Waals surface area contributed by atoms with Crippen molar-refractivity contribution in [2.24, 2.45) is 7.05 Å². The van der Waals surface area contributed by atoms with Crippen molar-refractivity contribution in [3.63, 3.8) is 0 Å². The highest BCUT2D eigenvalue weighted by molar-refractivity contribution is 5.71. The SMILES string of the molecule is CCCN(CCC)CCCCN(CC(=O)OCC)C(CNCc1nccn1C)c1ccc(Cc2ncc[nH]2)cc1. The number of nitrogens with one attached hydrogen (secondary N) is 2. The number of ether oxygens (including phenoxy) is 1. The molecule has 1 atom stereocenters. The van der Waals surface area contributed by atoms with E-state index >= 15 is 0 Å². The average Bonchev–Trinajstić information content (AvgIpc) is 3.61. The van der Waals surface area contributed by atoms with Crippen LogP contribution in [0.15, 0.2) is 49.1 Å². The minimum Gasteiger partial charge on any atom is -0.465 e. The van der Waals surface area contributed by atoms with Crippen molar-refractivity contribution in [1.29, 1.82) is 0 Å². The van der Waals surface area contributed by atoms with Crippen LogP contribution in [-0.2, 0) is 29.5 Å². The standard InChI is InChI=1S/C31H49N7O2/c1-5-17-37(18-6-2)19-8-9-20-38(25-31(39)40-7-3)28(23-32-24-30-35-16-21-36(30)4)27-12-10-26(11-13-27)22-29-33-14-15-34-29/h10-16,21,28,32H,5-9,17-20,22-25H2,1-4H3,(H,33,34). The zero-order chi connectivity index (χ0) is 28.6. The zero-order valence-corrected chi connectivity index (χ0v) is 24.9. The number of carbonyl (C=O) groups excluding carboxylic acids is 1. The van der Waals surface area contributed by atoms with Gasteiger partial charge < -0.3 is 24.5 Å². The molecule has 2 N–H and O–H groups in total. The van der Waals surface area contributed by atoms with Gasteiger partial charge in [0.25, 0.3) is 0 Å². The van der Waals surface area contributed by atoms with E-state index in [1.807, 2.05) is 37.1 Å². The van der Waals surface area contributed by atoms with Crippen LogP contribution in [0.3, 0.4) is 0 Å². The number of hydrogen-bond donors (Lipinski definition) is 2. The Morgan fingerprint density at radius 1 is 1.02 bits per heavy atom. The molecule has 9 nitrogen and oxygen atoms in total. The summed E-state index contributed by atoms with van der Waals surface area (Å²) in [5, 5.41) is 3.61. The Morgan fingerprint density at radius 2 is 1.77 bits per heavy atom. The number of H-pyrrole nitrogens is 1. The summed E-state index contributed by atoms with van der Waals surface area (Å²) in [6.07, 6.45) is 12.6. The second kappa shape index (κ2) is 17.6. The van der Waals surface area contributed by atoms with Crippen molar-refractivity contribution in [3.05, 3.63) is 71.8 Å². The van der Waals surface area contributed by atoms with E-state index in [2.05, 4.69) is 68.2 Å². The van der Waals surface area contributed by atoms with Crippen molar-refractivity contribution in [3.8, 4) is 0 Å². The maximum absolute atomic E-state index is 12.7. The van der Waals surface area contributed by atoms with Gasteiger partial charge in [-0.25, -0.2) is 9.97 Å². The topological polar surface area (TPSA) is 91.3 Å². The summed E-state index contributed by atoms with van der Waals surface area (Å²) in [6.45, 7) is 12.6. The first kappa shape index (κ1) is 31.5. The van der Waals surface area contributed by atoms with Gasteiger partial charge in [-0.15, -0.1) is 0 Å². The van der Waals surface area contributed by atoms with Crippen molar-refractivity contribution >= 4 is 5.97 Å². The predicted molar refractivity (Wildman–Crippen MR) is 160 cm³/mol. The number of aryl methyl sites for hydroxylation is 1. The summed E-state index contributed by atoms with van der Waals surface area (Å²) < 4.78 is 7.42. The second-order valence-electron chi connectivity index (χ2n) is 10.4. The first-order valence-electron chi connectivity index (χ1n) is 14.9. The van der Waals surface area contributed by atoms with Crippen molar-refractivity contribution < 1.29 is 9.53 Å². The van der Waals surface area contributed by atoms with Gasteiger partial charge >= 0.3 is 5.97 Å². The molecule has 0 bridgehead atoms. The summed E-state index contributed by atoms with van der Waals surface area (Å²) in [5.74, 6) is 1.76. The molecule has 0 saturated carbocycles. The molecule has 0 aliphatic rings. The van der Waals surface area contributed by atoms with E-state index in [1.165, 1.54) is 24.0 Å². The molecule has 3 rings (SSSR count). The first-order chi connectivity index (χ1) is 19.5. The highest BCUT2D eigenvalue weighted by atomic mass is 16.5. The molecule has 1 unspecified atom stereocenters. The average molecular weight is 552 g/mol. The third kappa shape index (κ3) is 10.5. The number of imidazole rings is 2. The van der Waals surface area contributed by atoms with Gasteiger partial charge in [0.1, 0.15) is 11.6 Å². The zero-order valence-electron chi connectivity index (χ0n) is 24.9. The molecule has 3 aromatic rings. The molecule has 2 aromatic heterocycles. The molecule has 40 heavy (non-hydrogen) atoms. The maximum Gasteiger partial charge on any atom is 0.320 e. The van der Waals surface area contributed by atoms with Gasteiger partial charge in [-0.2, -0.15) is 0 Å². The molecule has 0 aliphatic heterocycles. The van der Waals surface area contributed by atoms with Gasteiger partial charge in [-0.1, -0.05) is 38.1 Å². The van der Waals surface area contributed by atoms with Gasteiger partial charge in [0, 0.05) is 50.8 Å². The Hall–Kier alpha value is -3.01. The van der Waals surface area contributed by atoms with Gasteiger partial charge in [0.05, 0.1) is 19.7 Å². The van der Waals surface area contributed by atoms with Crippen LogP contribution >= 0.6 is 0 Å². The van der Waals surface area contributed by atoms with Gasteiger partial charge in [0.15, 0.2) is 0 Å². The van der Waals surface area contributed by atoms with Crippen LogP contribution in [0.25, 0.3) is 0 Å². The van der Waals surface area contributed by atoms with E-state index in [9.17, 15) is 4.79 Å². The van der Waals surface area contributed by atoms with E-state index < -0.39 is 0 Å². The molecular formula is C31H49N7O2. The number of rotatable bonds is 20. The lowest BCUT2D eigenvalue weighted by molar-refractivity contribution is -0.145. The van der Waals surface area contributed by atoms with E-state index in [1.54, 1.807) is 6.20 Å². The molecule has 0 aliphatic carbocycles. The molecule has 220 valence electrons. The van der Waals surface area contributed by atoms with Crippen LogP contribution < -0.4 is 5.32 Å². The summed E-state index contributed by atoms with van der Waals surface area (Å²) in [5.41, 5.74) is 2.38. The number of hydrogen-bond acceptors (Lipinski definition) is 7. The predicted octanol–water partition coefficient (Wildman–Crippen LogP) is 4.33. The minimum absolute atomic E-state index is 0.0183. The Labute approximate surface area is 240 Å². The van der Waals surface area contributed by atoms with Crippen LogP contribution in [0.5, 0.6) is 0 Å². The lowest BCUT2D eigenvalue weighted by Gasteiger charge is -2.32. The lowest BCUT2D eigenvalue weighted by Crippen LogP contribution is -2.40. The Balaban J connectivity index is 1.74. The summed E-state index contributed by atoms with van der Waals surface area (Å²) in [4.78, 5) is 29.6. The maximum atomic E-state index is 12.7. The highest BCUT2D eigenvalue weighted by Crippen LogP contribution is 2.23. The summed E-state index contributed by atoms with van der Waals surface area (Å²) in [7, 11) is 2.01. The smallest absolute Gasteiger partial charge is 0.320 e. The lowest BCUT2D eigenvalue weighted by atomic mass is 10.0. The molecule has 2 heterocycles. The number of unbranched alkanes of at least 4 members (excludes halogenated alkanes) is 1.